The third-order valence-electron chi connectivity index (χ3n) is 6.38. The Labute approximate surface area is 172 Å². The Balaban J connectivity index is 1.44. The molecule has 0 spiro atoms. The number of hydrogen-bond acceptors (Lipinski definition) is 4. The minimum atomic E-state index is 0.0193. The van der Waals surface area contributed by atoms with Crippen molar-refractivity contribution in [3.8, 4) is 0 Å². The van der Waals surface area contributed by atoms with Gasteiger partial charge in [-0.1, -0.05) is 20.8 Å². The summed E-state index contributed by atoms with van der Waals surface area (Å²) in [5, 5.41) is 0. The van der Waals surface area contributed by atoms with Crippen LogP contribution in [0, 0.1) is 0 Å². The molecule has 29 heavy (non-hydrogen) atoms. The highest BCUT2D eigenvalue weighted by Crippen LogP contribution is 2.33. The van der Waals surface area contributed by atoms with E-state index in [0.29, 0.717) is 24.6 Å². The molecule has 0 aliphatic carbocycles. The lowest BCUT2D eigenvalue weighted by atomic mass is 9.97. The molecule has 0 aromatic carbocycles. The normalized spacial score (nSPS) is 19.2. The third kappa shape index (κ3) is 3.30. The first-order chi connectivity index (χ1) is 13.8. The number of carbonyl (C=O) groups excluding carboxylic acids is 2. The van der Waals surface area contributed by atoms with Gasteiger partial charge in [-0.15, -0.1) is 0 Å². The van der Waals surface area contributed by atoms with Crippen molar-refractivity contribution in [3.05, 3.63) is 58.2 Å². The van der Waals surface area contributed by atoms with Crippen molar-refractivity contribution in [3.63, 3.8) is 0 Å². The largest absolute Gasteiger partial charge is 0.333 e. The van der Waals surface area contributed by atoms with Crippen LogP contribution in [0.1, 0.15) is 95.2 Å². The van der Waals surface area contributed by atoms with Crippen molar-refractivity contribution in [1.29, 1.82) is 0 Å². The van der Waals surface area contributed by atoms with E-state index in [4.69, 9.17) is 0 Å². The number of rotatable bonds is 5. The minimum absolute atomic E-state index is 0.0193. The van der Waals surface area contributed by atoms with E-state index < -0.39 is 0 Å². The van der Waals surface area contributed by atoms with Gasteiger partial charge < -0.3 is 9.80 Å². The van der Waals surface area contributed by atoms with Crippen LogP contribution in [0.3, 0.4) is 0 Å². The number of fused-ring (bicyclic) bond motifs is 2. The van der Waals surface area contributed by atoms with Crippen LogP contribution >= 0.6 is 0 Å². The van der Waals surface area contributed by atoms with Gasteiger partial charge in [-0.2, -0.15) is 0 Å². The Morgan fingerprint density at radius 3 is 2.45 bits per heavy atom. The molecule has 0 bridgehead atoms. The van der Waals surface area contributed by atoms with Gasteiger partial charge in [0.25, 0.3) is 11.8 Å². The van der Waals surface area contributed by atoms with Gasteiger partial charge in [0.2, 0.25) is 0 Å². The predicted octanol–water partition coefficient (Wildman–Crippen LogP) is 3.90. The average Bonchev–Trinajstić information content (AvgIpc) is 3.14. The summed E-state index contributed by atoms with van der Waals surface area (Å²) in [7, 11) is 1.81. The molecule has 0 radical (unpaired) electrons. The topological polar surface area (TPSA) is 66.4 Å². The highest BCUT2D eigenvalue weighted by atomic mass is 16.2. The summed E-state index contributed by atoms with van der Waals surface area (Å²) < 4.78 is 0. The first kappa shape index (κ1) is 19.6. The van der Waals surface area contributed by atoms with Crippen LogP contribution < -0.4 is 0 Å². The van der Waals surface area contributed by atoms with E-state index in [1.165, 1.54) is 0 Å². The van der Waals surface area contributed by atoms with Gasteiger partial charge in [0.1, 0.15) is 0 Å². The number of hydrogen-bond donors (Lipinski definition) is 0. The van der Waals surface area contributed by atoms with Crippen molar-refractivity contribution >= 4 is 11.8 Å². The molecule has 0 fully saturated rings. The number of nitrogens with zero attached hydrogens (tertiary/aromatic N) is 4. The van der Waals surface area contributed by atoms with Crippen molar-refractivity contribution in [2.75, 3.05) is 13.6 Å². The van der Waals surface area contributed by atoms with Crippen LogP contribution in [0.2, 0.25) is 0 Å². The van der Waals surface area contributed by atoms with Gasteiger partial charge in [0.15, 0.2) is 0 Å². The van der Waals surface area contributed by atoms with E-state index in [1.807, 2.05) is 43.4 Å². The molecule has 152 valence electrons. The molecule has 2 aliphatic rings. The summed E-state index contributed by atoms with van der Waals surface area (Å²) in [6, 6.07) is 3.99. The van der Waals surface area contributed by atoms with Gasteiger partial charge in [0, 0.05) is 26.0 Å². The predicted molar refractivity (Wildman–Crippen MR) is 111 cm³/mol. The van der Waals surface area contributed by atoms with Gasteiger partial charge in [-0.3, -0.25) is 19.6 Å². The molecule has 6 heteroatoms. The lowest BCUT2D eigenvalue weighted by molar-refractivity contribution is 0.0770. The Bertz CT molecular complexity index is 985. The van der Waals surface area contributed by atoms with E-state index >= 15 is 0 Å². The highest BCUT2D eigenvalue weighted by molar-refractivity contribution is 5.98. The van der Waals surface area contributed by atoms with Crippen LogP contribution in [0.25, 0.3) is 0 Å². The van der Waals surface area contributed by atoms with Crippen LogP contribution in [-0.4, -0.2) is 45.2 Å². The molecule has 2 amide bonds. The fourth-order valence-electron chi connectivity index (χ4n) is 4.07. The first-order valence-electron chi connectivity index (χ1n) is 10.3. The maximum absolute atomic E-state index is 12.8. The second-order valence-electron chi connectivity index (χ2n) is 8.63. The molecule has 2 aliphatic heterocycles. The molecule has 0 saturated heterocycles. The summed E-state index contributed by atoms with van der Waals surface area (Å²) in [5.74, 6) is 0.662. The van der Waals surface area contributed by atoms with E-state index in [1.54, 1.807) is 4.90 Å². The highest BCUT2D eigenvalue weighted by Gasteiger charge is 2.33. The molecule has 2 aromatic rings. The van der Waals surface area contributed by atoms with E-state index in [0.717, 1.165) is 34.5 Å². The maximum atomic E-state index is 12.8. The van der Waals surface area contributed by atoms with E-state index in [2.05, 4.69) is 30.7 Å². The van der Waals surface area contributed by atoms with Gasteiger partial charge in [0.05, 0.1) is 35.1 Å². The molecule has 4 rings (SSSR count). The Hall–Kier alpha value is -2.76. The SMILES string of the molecule is CC(C)c1cnc2c(c1)C(=O)N(CCC(C)c1cnc3c(c1)C(=O)N(C)C3C)C2. The van der Waals surface area contributed by atoms with Crippen molar-refractivity contribution in [2.24, 2.45) is 0 Å². The molecule has 4 heterocycles. The average molecular weight is 393 g/mol. The number of pyridine rings is 2. The molecule has 0 saturated carbocycles. The smallest absolute Gasteiger partial charge is 0.256 e. The number of carbonyl (C=O) groups is 2. The summed E-state index contributed by atoms with van der Waals surface area (Å²) in [6.45, 7) is 9.57. The van der Waals surface area contributed by atoms with Gasteiger partial charge in [-0.05, 0) is 48.4 Å². The molecule has 2 unspecified atom stereocenters. The second kappa shape index (κ2) is 7.25. The number of aromatic nitrogens is 2. The fraction of sp³-hybridized carbons (Fsp3) is 0.478. The van der Waals surface area contributed by atoms with E-state index in [-0.39, 0.29) is 23.8 Å². The third-order valence-corrected chi connectivity index (χ3v) is 6.38. The molecule has 2 aromatic heterocycles. The lowest BCUT2D eigenvalue weighted by Crippen LogP contribution is -2.26. The standard InChI is InChI=1S/C23H28N4O2/c1-13(2)16-8-18-20(24-10-16)12-27(23(18)29)7-6-14(3)17-9-19-21(25-11-17)15(4)26(5)22(19)28/h8-11,13-15H,6-7,12H2,1-5H3. The lowest BCUT2D eigenvalue weighted by Gasteiger charge is -2.19. The molecule has 0 N–H and O–H groups in total. The zero-order valence-corrected chi connectivity index (χ0v) is 17.8. The molecular weight excluding hydrogens is 364 g/mol. The Morgan fingerprint density at radius 2 is 1.72 bits per heavy atom. The molecule has 6 nitrogen and oxygen atoms in total. The van der Waals surface area contributed by atoms with Crippen LogP contribution in [0.5, 0.6) is 0 Å². The monoisotopic (exact) mass is 392 g/mol. The zero-order chi connectivity index (χ0) is 20.9. The minimum Gasteiger partial charge on any atom is -0.333 e. The Kier molecular flexibility index (Phi) is 4.89. The van der Waals surface area contributed by atoms with Crippen LogP contribution in [0.15, 0.2) is 24.5 Å². The molecule has 2 atom stereocenters. The molecular formula is C23H28N4O2. The van der Waals surface area contributed by atoms with Crippen molar-refractivity contribution in [1.82, 2.24) is 19.8 Å². The van der Waals surface area contributed by atoms with Gasteiger partial charge in [-0.25, -0.2) is 0 Å². The summed E-state index contributed by atoms with van der Waals surface area (Å²) in [6.07, 6.45) is 4.58. The first-order valence-corrected chi connectivity index (χ1v) is 10.3. The number of amides is 2. The fourth-order valence-corrected chi connectivity index (χ4v) is 4.07. The zero-order valence-electron chi connectivity index (χ0n) is 17.8. The van der Waals surface area contributed by atoms with Crippen LogP contribution in [-0.2, 0) is 6.54 Å². The van der Waals surface area contributed by atoms with E-state index in [9.17, 15) is 9.59 Å². The summed E-state index contributed by atoms with van der Waals surface area (Å²) in [5.41, 5.74) is 5.31. The van der Waals surface area contributed by atoms with Crippen LogP contribution in [0.4, 0.5) is 0 Å². The Morgan fingerprint density at radius 1 is 1.03 bits per heavy atom. The quantitative estimate of drug-likeness (QED) is 0.774. The van der Waals surface area contributed by atoms with Gasteiger partial charge >= 0.3 is 0 Å². The summed E-state index contributed by atoms with van der Waals surface area (Å²) in [4.78, 5) is 37.9. The summed E-state index contributed by atoms with van der Waals surface area (Å²) >= 11 is 0. The second-order valence-corrected chi connectivity index (χ2v) is 8.63. The van der Waals surface area contributed by atoms with Crippen molar-refractivity contribution < 1.29 is 9.59 Å². The van der Waals surface area contributed by atoms with Crippen molar-refractivity contribution in [2.45, 2.75) is 58.5 Å². The maximum Gasteiger partial charge on any atom is 0.256 e.